The highest BCUT2D eigenvalue weighted by Crippen LogP contribution is 2.35. The first-order valence-corrected chi connectivity index (χ1v) is 11.9. The molecule has 1 N–H and O–H groups in total. The Morgan fingerprint density at radius 2 is 2.15 bits per heavy atom. The summed E-state index contributed by atoms with van der Waals surface area (Å²) in [6.45, 7) is 6.06. The molecule has 0 saturated carbocycles. The number of allylic oxidation sites excluding steroid dienone is 1. The smallest absolute Gasteiger partial charge is 0.263 e. The monoisotopic (exact) mass is 481 g/mol. The van der Waals surface area contributed by atoms with Crippen LogP contribution in [0.3, 0.4) is 0 Å². The predicted octanol–water partition coefficient (Wildman–Crippen LogP) is 4.67. The number of fused-ring (bicyclic) bond motifs is 2. The first-order valence-electron chi connectivity index (χ1n) is 10.1. The van der Waals surface area contributed by atoms with Crippen molar-refractivity contribution in [2.45, 2.75) is 18.6 Å². The molecule has 0 aliphatic carbocycles. The number of aromatic nitrogens is 2. The van der Waals surface area contributed by atoms with Crippen molar-refractivity contribution in [2.24, 2.45) is 0 Å². The van der Waals surface area contributed by atoms with Crippen LogP contribution in [0.25, 0.3) is 21.5 Å². The number of carbonyl (C=O) groups is 1. The third-order valence-corrected chi connectivity index (χ3v) is 6.81. The van der Waals surface area contributed by atoms with Crippen molar-refractivity contribution in [3.8, 4) is 22.8 Å². The highest BCUT2D eigenvalue weighted by Gasteiger charge is 2.20. The Balaban J connectivity index is 1.39. The largest absolute Gasteiger partial charge is 0.461 e. The van der Waals surface area contributed by atoms with Gasteiger partial charge in [-0.05, 0) is 31.2 Å². The molecule has 0 unspecified atom stereocenters. The zero-order chi connectivity index (χ0) is 22.9. The fourth-order valence-electron chi connectivity index (χ4n) is 3.47. The Kier molecular flexibility index (Phi) is 5.69. The van der Waals surface area contributed by atoms with Gasteiger partial charge in [0.15, 0.2) is 16.7 Å². The van der Waals surface area contributed by atoms with E-state index in [-0.39, 0.29) is 30.6 Å². The maximum absolute atomic E-state index is 13.3. The van der Waals surface area contributed by atoms with E-state index in [4.69, 9.17) is 13.9 Å². The minimum Gasteiger partial charge on any atom is -0.461 e. The van der Waals surface area contributed by atoms with E-state index in [1.54, 1.807) is 24.3 Å². The van der Waals surface area contributed by atoms with Gasteiger partial charge in [0.05, 0.1) is 11.1 Å². The van der Waals surface area contributed by atoms with Gasteiger partial charge in [0.1, 0.15) is 16.4 Å². The number of benzene rings is 1. The van der Waals surface area contributed by atoms with Crippen LogP contribution in [-0.2, 0) is 11.3 Å². The van der Waals surface area contributed by atoms with Gasteiger partial charge in [0, 0.05) is 29.2 Å². The molecule has 0 fully saturated rings. The van der Waals surface area contributed by atoms with Gasteiger partial charge in [-0.3, -0.25) is 14.2 Å². The number of rotatable bonds is 7. The average Bonchev–Trinajstić information content (AvgIpc) is 3.53. The standard InChI is InChI=1S/C23H19N3O5S2/c1-3-8-26-22(28)20-15(16-6-4-13(2)31-16)10-32-21(20)25-23(26)33-11-19(27)24-14-5-7-17-18(9-14)30-12-29-17/h3-7,9-10H,1,8,11-12H2,2H3,(H,24,27). The van der Waals surface area contributed by atoms with Crippen molar-refractivity contribution in [3.63, 3.8) is 0 Å². The van der Waals surface area contributed by atoms with Crippen LogP contribution in [-0.4, -0.2) is 28.0 Å². The lowest BCUT2D eigenvalue weighted by atomic mass is 10.2. The number of nitrogens with zero attached hydrogens (tertiary/aromatic N) is 2. The van der Waals surface area contributed by atoms with Gasteiger partial charge in [0.2, 0.25) is 12.7 Å². The summed E-state index contributed by atoms with van der Waals surface area (Å²) in [5.41, 5.74) is 1.13. The molecule has 1 aromatic carbocycles. The molecule has 10 heteroatoms. The molecule has 4 heterocycles. The third kappa shape index (κ3) is 4.14. The molecule has 4 aromatic rings. The van der Waals surface area contributed by atoms with Crippen molar-refractivity contribution in [1.82, 2.24) is 9.55 Å². The summed E-state index contributed by atoms with van der Waals surface area (Å²) in [6, 6.07) is 8.91. The molecule has 1 amide bonds. The van der Waals surface area contributed by atoms with Crippen LogP contribution in [0.15, 0.2) is 62.7 Å². The summed E-state index contributed by atoms with van der Waals surface area (Å²) in [5, 5.41) is 5.66. The number of carbonyl (C=O) groups excluding carboxylic acids is 1. The van der Waals surface area contributed by atoms with Crippen LogP contribution >= 0.6 is 23.1 Å². The summed E-state index contributed by atoms with van der Waals surface area (Å²) in [4.78, 5) is 31.2. The Labute approximate surface area is 196 Å². The fourth-order valence-corrected chi connectivity index (χ4v) is 5.25. The molecule has 1 aliphatic rings. The number of aryl methyl sites for hydroxylation is 1. The second-order valence-electron chi connectivity index (χ2n) is 7.24. The molecule has 0 radical (unpaired) electrons. The third-order valence-electron chi connectivity index (χ3n) is 4.96. The van der Waals surface area contributed by atoms with E-state index in [1.807, 2.05) is 24.4 Å². The predicted molar refractivity (Wildman–Crippen MR) is 128 cm³/mol. The average molecular weight is 482 g/mol. The van der Waals surface area contributed by atoms with Crippen LogP contribution in [0.4, 0.5) is 5.69 Å². The maximum Gasteiger partial charge on any atom is 0.263 e. The lowest BCUT2D eigenvalue weighted by Gasteiger charge is -2.11. The number of thioether (sulfide) groups is 1. The summed E-state index contributed by atoms with van der Waals surface area (Å²) in [5.74, 6) is 2.49. The topological polar surface area (TPSA) is 95.6 Å². The highest BCUT2D eigenvalue weighted by molar-refractivity contribution is 7.99. The van der Waals surface area contributed by atoms with E-state index in [1.165, 1.54) is 27.7 Å². The zero-order valence-electron chi connectivity index (χ0n) is 17.6. The summed E-state index contributed by atoms with van der Waals surface area (Å²) in [6.07, 6.45) is 1.63. The Morgan fingerprint density at radius 1 is 1.30 bits per heavy atom. The van der Waals surface area contributed by atoms with Crippen molar-refractivity contribution >= 4 is 44.9 Å². The molecule has 3 aromatic heterocycles. The molecule has 0 atom stereocenters. The number of ether oxygens (including phenoxy) is 2. The summed E-state index contributed by atoms with van der Waals surface area (Å²) in [7, 11) is 0. The van der Waals surface area contributed by atoms with E-state index in [0.29, 0.717) is 38.3 Å². The first kappa shape index (κ1) is 21.4. The number of thiophene rings is 1. The van der Waals surface area contributed by atoms with E-state index in [0.717, 1.165) is 11.3 Å². The zero-order valence-corrected chi connectivity index (χ0v) is 19.3. The normalized spacial score (nSPS) is 12.3. The molecule has 33 heavy (non-hydrogen) atoms. The number of hydrogen-bond donors (Lipinski definition) is 1. The van der Waals surface area contributed by atoms with E-state index in [9.17, 15) is 9.59 Å². The lowest BCUT2D eigenvalue weighted by Crippen LogP contribution is -2.23. The minimum atomic E-state index is -0.226. The van der Waals surface area contributed by atoms with Crippen molar-refractivity contribution in [3.05, 3.63) is 64.5 Å². The van der Waals surface area contributed by atoms with Gasteiger partial charge >= 0.3 is 0 Å². The molecular formula is C23H19N3O5S2. The van der Waals surface area contributed by atoms with E-state index in [2.05, 4.69) is 16.9 Å². The van der Waals surface area contributed by atoms with Crippen LogP contribution in [0.5, 0.6) is 11.5 Å². The van der Waals surface area contributed by atoms with Crippen LogP contribution in [0, 0.1) is 6.92 Å². The molecule has 1 aliphatic heterocycles. The molecule has 0 bridgehead atoms. The number of hydrogen-bond acceptors (Lipinski definition) is 8. The fraction of sp³-hybridized carbons (Fsp3) is 0.174. The number of nitrogens with one attached hydrogen (secondary N) is 1. The Bertz CT molecular complexity index is 1440. The van der Waals surface area contributed by atoms with Crippen molar-refractivity contribution in [2.75, 3.05) is 17.9 Å². The van der Waals surface area contributed by atoms with E-state index >= 15 is 0 Å². The van der Waals surface area contributed by atoms with Gasteiger partial charge in [-0.25, -0.2) is 4.98 Å². The molecule has 0 saturated heterocycles. The highest BCUT2D eigenvalue weighted by atomic mass is 32.2. The Hall–Kier alpha value is -3.50. The lowest BCUT2D eigenvalue weighted by molar-refractivity contribution is -0.113. The second kappa shape index (κ2) is 8.80. The SMILES string of the molecule is C=CCn1c(SCC(=O)Nc2ccc3c(c2)OCO3)nc2scc(-c3ccc(C)o3)c2c1=O. The molecule has 5 rings (SSSR count). The van der Waals surface area contributed by atoms with Crippen LogP contribution < -0.4 is 20.3 Å². The Morgan fingerprint density at radius 3 is 2.94 bits per heavy atom. The van der Waals surface area contributed by atoms with Gasteiger partial charge in [0.25, 0.3) is 5.56 Å². The van der Waals surface area contributed by atoms with Crippen LogP contribution in [0.1, 0.15) is 5.76 Å². The van der Waals surface area contributed by atoms with Crippen LogP contribution in [0.2, 0.25) is 0 Å². The van der Waals surface area contributed by atoms with Gasteiger partial charge in [-0.1, -0.05) is 17.8 Å². The molecule has 0 spiro atoms. The quantitative estimate of drug-likeness (QED) is 0.233. The minimum absolute atomic E-state index is 0.0825. The molecule has 168 valence electrons. The first-order chi connectivity index (χ1) is 16.0. The molecular weight excluding hydrogens is 462 g/mol. The van der Waals surface area contributed by atoms with Gasteiger partial charge in [-0.15, -0.1) is 17.9 Å². The summed E-state index contributed by atoms with van der Waals surface area (Å²) < 4.78 is 17.9. The van der Waals surface area contributed by atoms with Gasteiger partial charge < -0.3 is 19.2 Å². The maximum atomic E-state index is 13.3. The number of amides is 1. The summed E-state index contributed by atoms with van der Waals surface area (Å²) >= 11 is 2.57. The number of anilines is 1. The van der Waals surface area contributed by atoms with E-state index < -0.39 is 0 Å². The number of furan rings is 1. The second-order valence-corrected chi connectivity index (χ2v) is 9.04. The van der Waals surface area contributed by atoms with Crippen molar-refractivity contribution in [1.29, 1.82) is 0 Å². The van der Waals surface area contributed by atoms with Gasteiger partial charge in [-0.2, -0.15) is 0 Å². The van der Waals surface area contributed by atoms with Crippen molar-refractivity contribution < 1.29 is 18.7 Å². The molecule has 8 nitrogen and oxygen atoms in total.